The summed E-state index contributed by atoms with van der Waals surface area (Å²) in [5, 5.41) is 10.2. The van der Waals surface area contributed by atoms with Gasteiger partial charge in [-0.1, -0.05) is 33.8 Å². The molecule has 0 saturated carbocycles. The molecular weight excluding hydrogens is 360 g/mol. The zero-order chi connectivity index (χ0) is 13.8. The minimum atomic E-state index is -0.0102. The number of pyridine rings is 1. The molecule has 3 nitrogen and oxygen atoms in total. The molecule has 0 aliphatic rings. The maximum Gasteiger partial charge on any atom is 0.106 e. The van der Waals surface area contributed by atoms with Gasteiger partial charge in [-0.2, -0.15) is 0 Å². The standard InChI is InChI=1S/C14H15BrN2OS.ClH/c1-9-5-12(15)6-11(7-16)13(9)19-14-10(8-18)3-2-4-17-14;/h2-6,18H,7-8,16H2,1H3;1H. The summed E-state index contributed by atoms with van der Waals surface area (Å²) in [5.41, 5.74) is 8.86. The summed E-state index contributed by atoms with van der Waals surface area (Å²) in [6, 6.07) is 7.79. The molecule has 2 aromatic rings. The van der Waals surface area contributed by atoms with Crippen molar-refractivity contribution in [2.75, 3.05) is 0 Å². The zero-order valence-electron chi connectivity index (χ0n) is 11.0. The van der Waals surface area contributed by atoms with Gasteiger partial charge >= 0.3 is 0 Å². The SMILES string of the molecule is Cc1cc(Br)cc(CN)c1Sc1ncccc1CO.Cl. The van der Waals surface area contributed by atoms with Gasteiger partial charge in [-0.15, -0.1) is 12.4 Å². The monoisotopic (exact) mass is 374 g/mol. The highest BCUT2D eigenvalue weighted by molar-refractivity contribution is 9.10. The van der Waals surface area contributed by atoms with Crippen LogP contribution in [0.15, 0.2) is 44.9 Å². The Kier molecular flexibility index (Phi) is 6.99. The summed E-state index contributed by atoms with van der Waals surface area (Å²) in [5.74, 6) is 0. The van der Waals surface area contributed by atoms with Crippen molar-refractivity contribution in [1.82, 2.24) is 4.98 Å². The molecule has 108 valence electrons. The lowest BCUT2D eigenvalue weighted by atomic mass is 10.1. The quantitative estimate of drug-likeness (QED) is 0.856. The Balaban J connectivity index is 0.00000200. The van der Waals surface area contributed by atoms with Gasteiger partial charge in [0.25, 0.3) is 0 Å². The first-order valence-corrected chi connectivity index (χ1v) is 7.48. The summed E-state index contributed by atoms with van der Waals surface area (Å²) >= 11 is 5.03. The van der Waals surface area contributed by atoms with E-state index in [1.807, 2.05) is 25.1 Å². The number of benzene rings is 1. The fraction of sp³-hybridized carbons (Fsp3) is 0.214. The van der Waals surface area contributed by atoms with E-state index in [2.05, 4.69) is 27.0 Å². The molecule has 0 saturated heterocycles. The molecular formula is C14H16BrClN2OS. The second kappa shape index (κ2) is 8.00. The third-order valence-electron chi connectivity index (χ3n) is 2.76. The highest BCUT2D eigenvalue weighted by Gasteiger charge is 2.11. The van der Waals surface area contributed by atoms with Crippen LogP contribution in [0.2, 0.25) is 0 Å². The van der Waals surface area contributed by atoms with Gasteiger partial charge in [0.15, 0.2) is 0 Å². The molecule has 1 aromatic heterocycles. The smallest absolute Gasteiger partial charge is 0.106 e. The van der Waals surface area contributed by atoms with E-state index in [4.69, 9.17) is 5.73 Å². The van der Waals surface area contributed by atoms with E-state index in [0.717, 1.165) is 31.1 Å². The number of hydrogen-bond donors (Lipinski definition) is 2. The van der Waals surface area contributed by atoms with Gasteiger partial charge in [0.1, 0.15) is 5.03 Å². The van der Waals surface area contributed by atoms with Crippen molar-refractivity contribution in [2.24, 2.45) is 5.73 Å². The third-order valence-corrected chi connectivity index (χ3v) is 4.56. The lowest BCUT2D eigenvalue weighted by molar-refractivity contribution is 0.278. The Labute approximate surface area is 137 Å². The van der Waals surface area contributed by atoms with E-state index >= 15 is 0 Å². The minimum absolute atomic E-state index is 0. The van der Waals surface area contributed by atoms with E-state index in [0.29, 0.717) is 6.54 Å². The summed E-state index contributed by atoms with van der Waals surface area (Å²) in [6.45, 7) is 2.52. The minimum Gasteiger partial charge on any atom is -0.392 e. The van der Waals surface area contributed by atoms with Gasteiger partial charge in [0.05, 0.1) is 6.61 Å². The second-order valence-electron chi connectivity index (χ2n) is 4.14. The van der Waals surface area contributed by atoms with Crippen molar-refractivity contribution < 1.29 is 5.11 Å². The van der Waals surface area contributed by atoms with Gasteiger partial charge in [-0.3, -0.25) is 0 Å². The van der Waals surface area contributed by atoms with Crippen LogP contribution in [0.3, 0.4) is 0 Å². The van der Waals surface area contributed by atoms with Crippen LogP contribution in [0.4, 0.5) is 0 Å². The fourth-order valence-electron chi connectivity index (χ4n) is 1.83. The number of aliphatic hydroxyl groups is 1. The van der Waals surface area contributed by atoms with Crippen LogP contribution in [0.25, 0.3) is 0 Å². The number of halogens is 2. The summed E-state index contributed by atoms with van der Waals surface area (Å²) in [6.07, 6.45) is 1.73. The number of aryl methyl sites for hydroxylation is 1. The molecule has 1 aromatic carbocycles. The number of nitrogens with zero attached hydrogens (tertiary/aromatic N) is 1. The van der Waals surface area contributed by atoms with Gasteiger partial charge < -0.3 is 10.8 Å². The van der Waals surface area contributed by atoms with Gasteiger partial charge in [0.2, 0.25) is 0 Å². The number of aliphatic hydroxyl groups excluding tert-OH is 1. The van der Waals surface area contributed by atoms with E-state index in [-0.39, 0.29) is 19.0 Å². The predicted octanol–water partition coefficient (Wildman–Crippen LogP) is 3.68. The molecule has 3 N–H and O–H groups in total. The molecule has 0 aliphatic heterocycles. The van der Waals surface area contributed by atoms with Crippen molar-refractivity contribution in [3.05, 3.63) is 51.6 Å². The first kappa shape index (κ1) is 17.5. The van der Waals surface area contributed by atoms with Crippen LogP contribution in [-0.2, 0) is 13.2 Å². The number of hydrogen-bond acceptors (Lipinski definition) is 4. The average Bonchev–Trinajstić information content (AvgIpc) is 2.42. The zero-order valence-corrected chi connectivity index (χ0v) is 14.2. The maximum atomic E-state index is 9.35. The third kappa shape index (κ3) is 3.96. The summed E-state index contributed by atoms with van der Waals surface area (Å²) < 4.78 is 1.03. The topological polar surface area (TPSA) is 59.1 Å². The normalized spacial score (nSPS) is 10.2. The molecule has 0 radical (unpaired) electrons. The molecule has 0 bridgehead atoms. The van der Waals surface area contributed by atoms with Crippen LogP contribution in [0.1, 0.15) is 16.7 Å². The fourth-order valence-corrected chi connectivity index (χ4v) is 3.51. The Morgan fingerprint density at radius 3 is 2.75 bits per heavy atom. The Morgan fingerprint density at radius 1 is 1.35 bits per heavy atom. The highest BCUT2D eigenvalue weighted by Crippen LogP contribution is 2.35. The predicted molar refractivity (Wildman–Crippen MR) is 88.3 cm³/mol. The van der Waals surface area contributed by atoms with E-state index < -0.39 is 0 Å². The highest BCUT2D eigenvalue weighted by atomic mass is 79.9. The Morgan fingerprint density at radius 2 is 2.10 bits per heavy atom. The van der Waals surface area contributed by atoms with Crippen molar-refractivity contribution in [2.45, 2.75) is 30.0 Å². The maximum absolute atomic E-state index is 9.35. The molecule has 0 unspecified atom stereocenters. The largest absolute Gasteiger partial charge is 0.392 e. The van der Waals surface area contributed by atoms with Crippen molar-refractivity contribution in [3.63, 3.8) is 0 Å². The van der Waals surface area contributed by atoms with Crippen LogP contribution in [-0.4, -0.2) is 10.1 Å². The number of nitrogens with two attached hydrogens (primary N) is 1. The van der Waals surface area contributed by atoms with Gasteiger partial charge in [0, 0.05) is 27.7 Å². The van der Waals surface area contributed by atoms with E-state index in [9.17, 15) is 5.11 Å². The average molecular weight is 376 g/mol. The molecule has 0 atom stereocenters. The number of aromatic nitrogens is 1. The van der Waals surface area contributed by atoms with E-state index in [1.54, 1.807) is 18.0 Å². The lowest BCUT2D eigenvalue weighted by Gasteiger charge is -2.13. The van der Waals surface area contributed by atoms with Crippen molar-refractivity contribution >= 4 is 40.1 Å². The summed E-state index contributed by atoms with van der Waals surface area (Å²) in [7, 11) is 0. The molecule has 0 fully saturated rings. The van der Waals surface area contributed by atoms with Crippen molar-refractivity contribution in [1.29, 1.82) is 0 Å². The summed E-state index contributed by atoms with van der Waals surface area (Å²) in [4.78, 5) is 5.44. The van der Waals surface area contributed by atoms with Crippen LogP contribution in [0, 0.1) is 6.92 Å². The Hall–Kier alpha value is -0.590. The second-order valence-corrected chi connectivity index (χ2v) is 6.06. The van der Waals surface area contributed by atoms with Crippen molar-refractivity contribution in [3.8, 4) is 0 Å². The molecule has 2 rings (SSSR count). The van der Waals surface area contributed by atoms with Crippen LogP contribution in [0.5, 0.6) is 0 Å². The lowest BCUT2D eigenvalue weighted by Crippen LogP contribution is -2.01. The molecule has 0 amide bonds. The van der Waals surface area contributed by atoms with Crippen LogP contribution >= 0.6 is 40.1 Å². The first-order valence-electron chi connectivity index (χ1n) is 5.87. The molecule has 6 heteroatoms. The van der Waals surface area contributed by atoms with Gasteiger partial charge in [-0.05, 0) is 36.2 Å². The number of rotatable bonds is 4. The molecule has 20 heavy (non-hydrogen) atoms. The molecule has 0 aliphatic carbocycles. The molecule has 0 spiro atoms. The van der Waals surface area contributed by atoms with Crippen LogP contribution < -0.4 is 5.73 Å². The van der Waals surface area contributed by atoms with Gasteiger partial charge in [-0.25, -0.2) is 4.98 Å². The van der Waals surface area contributed by atoms with E-state index in [1.165, 1.54) is 0 Å². The molecule has 1 heterocycles. The first-order chi connectivity index (χ1) is 9.15. The Bertz CT molecular complexity index is 595.